The molecule has 1 amide bonds. The molecule has 6 heteroatoms. The predicted molar refractivity (Wildman–Crippen MR) is 122 cm³/mol. The molecule has 30 heavy (non-hydrogen) atoms. The van der Waals surface area contributed by atoms with E-state index in [1.165, 1.54) is 11.1 Å². The fourth-order valence-electron chi connectivity index (χ4n) is 4.07. The molecule has 3 aromatic rings. The molecule has 0 radical (unpaired) electrons. The normalized spacial score (nSPS) is 16.0. The number of amides is 1. The van der Waals surface area contributed by atoms with Gasteiger partial charge < -0.3 is 16.4 Å². The van der Waals surface area contributed by atoms with Crippen molar-refractivity contribution in [2.24, 2.45) is 5.73 Å². The number of carbonyl (C=O) groups is 1. The van der Waals surface area contributed by atoms with Crippen molar-refractivity contribution in [2.45, 2.75) is 39.0 Å². The van der Waals surface area contributed by atoms with Gasteiger partial charge in [-0.15, -0.1) is 0 Å². The van der Waals surface area contributed by atoms with Gasteiger partial charge in [-0.05, 0) is 56.4 Å². The van der Waals surface area contributed by atoms with E-state index in [2.05, 4.69) is 59.2 Å². The molecule has 0 saturated carbocycles. The highest BCUT2D eigenvalue weighted by Crippen LogP contribution is 2.36. The quantitative estimate of drug-likeness (QED) is 0.539. The summed E-state index contributed by atoms with van der Waals surface area (Å²) in [6.45, 7) is 5.10. The Labute approximate surface area is 177 Å². The summed E-state index contributed by atoms with van der Waals surface area (Å²) in [5, 5.41) is 6.50. The van der Waals surface area contributed by atoms with E-state index in [0.717, 1.165) is 42.1 Å². The van der Waals surface area contributed by atoms with Crippen LogP contribution < -0.4 is 16.4 Å². The summed E-state index contributed by atoms with van der Waals surface area (Å²) in [6, 6.07) is 9.98. The van der Waals surface area contributed by atoms with Gasteiger partial charge in [-0.3, -0.25) is 9.20 Å². The van der Waals surface area contributed by atoms with Gasteiger partial charge in [0.25, 0.3) is 5.91 Å². The van der Waals surface area contributed by atoms with Crippen molar-refractivity contribution < 1.29 is 4.79 Å². The SMILES string of the molecule is Cc1cccc(C)c1Nc1c(C2CC=CCC2)nc2cc(C(=O)NCCN)ccn12. The summed E-state index contributed by atoms with van der Waals surface area (Å²) < 4.78 is 2.05. The first-order chi connectivity index (χ1) is 14.6. The molecule has 2 aromatic heterocycles. The molecule has 1 unspecified atom stereocenters. The fraction of sp³-hybridized carbons (Fsp3) is 0.333. The lowest BCUT2D eigenvalue weighted by molar-refractivity contribution is 0.0954. The van der Waals surface area contributed by atoms with Gasteiger partial charge in [-0.2, -0.15) is 0 Å². The van der Waals surface area contributed by atoms with Crippen LogP contribution in [0.2, 0.25) is 0 Å². The third-order valence-corrected chi connectivity index (χ3v) is 5.73. The van der Waals surface area contributed by atoms with E-state index in [1.807, 2.05) is 18.3 Å². The number of hydrogen-bond donors (Lipinski definition) is 3. The molecular formula is C24H29N5O. The zero-order valence-corrected chi connectivity index (χ0v) is 17.6. The van der Waals surface area contributed by atoms with Gasteiger partial charge in [0.15, 0.2) is 0 Å². The summed E-state index contributed by atoms with van der Waals surface area (Å²) in [6.07, 6.45) is 9.53. The standard InChI is InChI=1S/C24H29N5O/c1-16-7-6-8-17(2)21(16)28-23-22(18-9-4-3-5-10-18)27-20-15-19(11-14-29(20)23)24(30)26-13-12-25/h3-4,6-8,11,14-15,18,28H,5,9-10,12-13,25H2,1-2H3,(H,26,30). The second kappa shape index (κ2) is 8.71. The maximum absolute atomic E-state index is 12.4. The Hall–Kier alpha value is -3.12. The average molecular weight is 404 g/mol. The Bertz CT molecular complexity index is 1080. The minimum absolute atomic E-state index is 0.127. The second-order valence-corrected chi connectivity index (χ2v) is 7.91. The van der Waals surface area contributed by atoms with Crippen molar-refractivity contribution in [3.63, 3.8) is 0 Å². The monoisotopic (exact) mass is 403 g/mol. The van der Waals surface area contributed by atoms with Crippen LogP contribution in [0.3, 0.4) is 0 Å². The molecule has 1 aliphatic carbocycles. The molecule has 1 aromatic carbocycles. The molecule has 1 atom stereocenters. The first-order valence-corrected chi connectivity index (χ1v) is 10.6. The molecular weight excluding hydrogens is 374 g/mol. The molecule has 4 N–H and O–H groups in total. The molecule has 0 aliphatic heterocycles. The highest BCUT2D eigenvalue weighted by molar-refractivity contribution is 5.95. The number of aromatic nitrogens is 2. The second-order valence-electron chi connectivity index (χ2n) is 7.91. The molecule has 2 heterocycles. The van der Waals surface area contributed by atoms with Crippen LogP contribution in [-0.2, 0) is 0 Å². The largest absolute Gasteiger partial charge is 0.351 e. The van der Waals surface area contributed by atoms with Crippen LogP contribution >= 0.6 is 0 Å². The van der Waals surface area contributed by atoms with Crippen molar-refractivity contribution in [3.05, 3.63) is 71.1 Å². The number of carbonyl (C=O) groups excluding carboxylic acids is 1. The van der Waals surface area contributed by atoms with E-state index in [-0.39, 0.29) is 5.91 Å². The fourth-order valence-corrected chi connectivity index (χ4v) is 4.07. The lowest BCUT2D eigenvalue weighted by Crippen LogP contribution is -2.29. The van der Waals surface area contributed by atoms with Crippen molar-refractivity contribution in [2.75, 3.05) is 18.4 Å². The predicted octanol–water partition coefficient (Wildman–Crippen LogP) is 4.21. The number of anilines is 2. The third-order valence-electron chi connectivity index (χ3n) is 5.73. The van der Waals surface area contributed by atoms with Crippen LogP contribution in [0.4, 0.5) is 11.5 Å². The molecule has 1 aliphatic rings. The number of benzene rings is 1. The third kappa shape index (κ3) is 3.96. The summed E-state index contributed by atoms with van der Waals surface area (Å²) >= 11 is 0. The van der Waals surface area contributed by atoms with E-state index in [1.54, 1.807) is 0 Å². The van der Waals surface area contributed by atoms with Crippen LogP contribution in [0.15, 0.2) is 48.7 Å². The van der Waals surface area contributed by atoms with Gasteiger partial charge in [-0.25, -0.2) is 4.98 Å². The molecule has 6 nitrogen and oxygen atoms in total. The van der Waals surface area contributed by atoms with E-state index < -0.39 is 0 Å². The Balaban J connectivity index is 1.79. The zero-order valence-electron chi connectivity index (χ0n) is 17.6. The average Bonchev–Trinajstić information content (AvgIpc) is 3.13. The van der Waals surface area contributed by atoms with Crippen molar-refractivity contribution in [1.29, 1.82) is 0 Å². The maximum atomic E-state index is 12.4. The summed E-state index contributed by atoms with van der Waals surface area (Å²) in [4.78, 5) is 17.4. The van der Waals surface area contributed by atoms with Gasteiger partial charge in [0.1, 0.15) is 11.5 Å². The number of para-hydroxylation sites is 1. The molecule has 0 fully saturated rings. The summed E-state index contributed by atoms with van der Waals surface area (Å²) in [5.74, 6) is 1.21. The Morgan fingerprint density at radius 3 is 2.73 bits per heavy atom. The number of imidazole rings is 1. The van der Waals surface area contributed by atoms with E-state index in [0.29, 0.717) is 24.6 Å². The highest BCUT2D eigenvalue weighted by Gasteiger charge is 2.23. The van der Waals surface area contributed by atoms with Crippen molar-refractivity contribution >= 4 is 23.1 Å². The van der Waals surface area contributed by atoms with Gasteiger partial charge >= 0.3 is 0 Å². The molecule has 0 saturated heterocycles. The van der Waals surface area contributed by atoms with Crippen LogP contribution in [0.1, 0.15) is 52.4 Å². The van der Waals surface area contributed by atoms with Gasteiger partial charge in [0, 0.05) is 36.5 Å². The first-order valence-electron chi connectivity index (χ1n) is 10.6. The lowest BCUT2D eigenvalue weighted by atomic mass is 9.91. The molecule has 0 bridgehead atoms. The summed E-state index contributed by atoms with van der Waals surface area (Å²) in [5.41, 5.74) is 11.4. The zero-order chi connectivity index (χ0) is 21.1. The molecule has 156 valence electrons. The van der Waals surface area contributed by atoms with E-state index in [4.69, 9.17) is 10.7 Å². The summed E-state index contributed by atoms with van der Waals surface area (Å²) in [7, 11) is 0. The van der Waals surface area contributed by atoms with Crippen LogP contribution in [0.5, 0.6) is 0 Å². The Morgan fingerprint density at radius 1 is 1.23 bits per heavy atom. The number of fused-ring (bicyclic) bond motifs is 1. The topological polar surface area (TPSA) is 84.5 Å². The number of rotatable bonds is 6. The van der Waals surface area contributed by atoms with Gasteiger partial charge in [-0.1, -0.05) is 30.4 Å². The first kappa shape index (κ1) is 20.2. The number of nitrogens with two attached hydrogens (primary N) is 1. The Kier molecular flexibility index (Phi) is 5.86. The smallest absolute Gasteiger partial charge is 0.251 e. The van der Waals surface area contributed by atoms with E-state index >= 15 is 0 Å². The number of aryl methyl sites for hydroxylation is 2. The minimum Gasteiger partial charge on any atom is -0.351 e. The van der Waals surface area contributed by atoms with Crippen LogP contribution in [-0.4, -0.2) is 28.4 Å². The number of nitrogens with one attached hydrogen (secondary N) is 2. The number of nitrogens with zero attached hydrogens (tertiary/aromatic N) is 2. The number of hydrogen-bond acceptors (Lipinski definition) is 4. The van der Waals surface area contributed by atoms with Gasteiger partial charge in [0.2, 0.25) is 0 Å². The molecule has 4 rings (SSSR count). The van der Waals surface area contributed by atoms with E-state index in [9.17, 15) is 4.79 Å². The van der Waals surface area contributed by atoms with Gasteiger partial charge in [0.05, 0.1) is 5.69 Å². The highest BCUT2D eigenvalue weighted by atomic mass is 16.1. The minimum atomic E-state index is -0.127. The Morgan fingerprint density at radius 2 is 2.03 bits per heavy atom. The van der Waals surface area contributed by atoms with Crippen LogP contribution in [0, 0.1) is 13.8 Å². The molecule has 0 spiro atoms. The van der Waals surface area contributed by atoms with Crippen molar-refractivity contribution in [1.82, 2.24) is 14.7 Å². The van der Waals surface area contributed by atoms with Crippen LogP contribution in [0.25, 0.3) is 5.65 Å². The number of pyridine rings is 1. The van der Waals surface area contributed by atoms with Crippen molar-refractivity contribution in [3.8, 4) is 0 Å². The number of allylic oxidation sites excluding steroid dienone is 2. The maximum Gasteiger partial charge on any atom is 0.251 e. The lowest BCUT2D eigenvalue weighted by Gasteiger charge is -2.19.